The molecule has 0 saturated carbocycles. The summed E-state index contributed by atoms with van der Waals surface area (Å²) in [4.78, 5) is 31.3. The van der Waals surface area contributed by atoms with Crippen LogP contribution in [0.3, 0.4) is 0 Å². The molecule has 0 aliphatic heterocycles. The first-order chi connectivity index (χ1) is 9.65. The van der Waals surface area contributed by atoms with Gasteiger partial charge in [-0.1, -0.05) is 0 Å². The number of esters is 1. The molecule has 0 fully saturated rings. The number of rotatable bonds is 4. The molecule has 1 N–H and O–H groups in total. The Bertz CT molecular complexity index is 607. The number of aliphatic hydroxyl groups excluding tert-OH is 1. The van der Waals surface area contributed by atoms with Crippen LogP contribution in [0.2, 0.25) is 0 Å². The number of carbonyl (C=O) groups is 2. The minimum absolute atomic E-state index is 0.215. The van der Waals surface area contributed by atoms with E-state index in [0.717, 1.165) is 0 Å². The van der Waals surface area contributed by atoms with Crippen molar-refractivity contribution in [2.45, 2.75) is 0 Å². The Hall–Kier alpha value is -2.60. The van der Waals surface area contributed by atoms with Crippen LogP contribution < -0.4 is 0 Å². The largest absolute Gasteiger partial charge is 0.465 e. The fourth-order valence-electron chi connectivity index (χ4n) is 1.71. The normalized spacial score (nSPS) is 10.1. The van der Waals surface area contributed by atoms with E-state index in [2.05, 4.69) is 14.7 Å². The van der Waals surface area contributed by atoms with Gasteiger partial charge in [0.25, 0.3) is 0 Å². The molecule has 20 heavy (non-hydrogen) atoms. The van der Waals surface area contributed by atoms with Gasteiger partial charge in [-0.3, -0.25) is 14.8 Å². The summed E-state index contributed by atoms with van der Waals surface area (Å²) in [5.41, 5.74) is 1.51. The van der Waals surface area contributed by atoms with Gasteiger partial charge in [-0.05, 0) is 18.2 Å². The van der Waals surface area contributed by atoms with E-state index in [1.165, 1.54) is 31.8 Å². The number of Topliss-reactive ketones (excluding diaryl/α,β-unsaturated/α-hetero) is 1. The summed E-state index contributed by atoms with van der Waals surface area (Å²) in [5, 5.41) is 8.94. The zero-order valence-electron chi connectivity index (χ0n) is 10.7. The Labute approximate surface area is 115 Å². The molecule has 6 nitrogen and oxygen atoms in total. The number of aromatic nitrogens is 2. The molecule has 0 bridgehead atoms. The van der Waals surface area contributed by atoms with Gasteiger partial charge >= 0.3 is 5.97 Å². The third-order valence-corrected chi connectivity index (χ3v) is 2.68. The fraction of sp³-hybridized carbons (Fsp3) is 0.143. The van der Waals surface area contributed by atoms with Crippen molar-refractivity contribution >= 4 is 11.8 Å². The van der Waals surface area contributed by atoms with E-state index < -0.39 is 18.4 Å². The fourth-order valence-corrected chi connectivity index (χ4v) is 1.71. The predicted octanol–water partition coefficient (Wildman–Crippen LogP) is 1.11. The van der Waals surface area contributed by atoms with Crippen LogP contribution in [0.5, 0.6) is 0 Å². The second kappa shape index (κ2) is 6.03. The van der Waals surface area contributed by atoms with E-state index in [0.29, 0.717) is 11.3 Å². The number of aliphatic hydroxyl groups is 1. The predicted molar refractivity (Wildman–Crippen MR) is 70.2 cm³/mol. The monoisotopic (exact) mass is 272 g/mol. The highest BCUT2D eigenvalue weighted by molar-refractivity contribution is 6.01. The van der Waals surface area contributed by atoms with E-state index in [1.807, 2.05) is 0 Å². The first-order valence-corrected chi connectivity index (χ1v) is 5.79. The molecular weight excluding hydrogens is 260 g/mol. The van der Waals surface area contributed by atoms with Crippen molar-refractivity contribution in [3.63, 3.8) is 0 Å². The van der Waals surface area contributed by atoms with E-state index in [-0.39, 0.29) is 11.1 Å². The van der Waals surface area contributed by atoms with Crippen LogP contribution in [-0.4, -0.2) is 40.5 Å². The summed E-state index contributed by atoms with van der Waals surface area (Å²) in [6, 6.07) is 4.49. The minimum Gasteiger partial charge on any atom is -0.465 e. The van der Waals surface area contributed by atoms with E-state index in [4.69, 9.17) is 5.11 Å². The number of ether oxygens (including phenoxy) is 1. The van der Waals surface area contributed by atoms with Crippen molar-refractivity contribution in [3.05, 3.63) is 47.9 Å². The quantitative estimate of drug-likeness (QED) is 0.662. The lowest BCUT2D eigenvalue weighted by molar-refractivity contribution is 0.0600. The van der Waals surface area contributed by atoms with E-state index >= 15 is 0 Å². The van der Waals surface area contributed by atoms with Crippen molar-refractivity contribution < 1.29 is 19.4 Å². The number of hydrogen-bond acceptors (Lipinski definition) is 6. The van der Waals surface area contributed by atoms with Gasteiger partial charge in [0.05, 0.1) is 24.6 Å². The van der Waals surface area contributed by atoms with Crippen LogP contribution in [0.4, 0.5) is 0 Å². The van der Waals surface area contributed by atoms with Crippen LogP contribution in [0, 0.1) is 0 Å². The molecule has 0 radical (unpaired) electrons. The Morgan fingerprint density at radius 2 is 1.95 bits per heavy atom. The van der Waals surface area contributed by atoms with Gasteiger partial charge in [-0.15, -0.1) is 0 Å². The third kappa shape index (κ3) is 2.86. The van der Waals surface area contributed by atoms with E-state index in [1.54, 1.807) is 12.1 Å². The maximum atomic E-state index is 11.6. The Morgan fingerprint density at radius 3 is 2.55 bits per heavy atom. The number of nitrogens with zero attached hydrogens (tertiary/aromatic N) is 2. The summed E-state index contributed by atoms with van der Waals surface area (Å²) in [6.07, 6.45) is 4.55. The maximum absolute atomic E-state index is 11.6. The molecule has 0 aliphatic rings. The average Bonchev–Trinajstić information content (AvgIpc) is 2.53. The second-order valence-electron chi connectivity index (χ2n) is 3.96. The molecule has 0 unspecified atom stereocenters. The summed E-state index contributed by atoms with van der Waals surface area (Å²) in [6.45, 7) is -0.634. The van der Waals surface area contributed by atoms with Crippen molar-refractivity contribution in [2.24, 2.45) is 0 Å². The zero-order chi connectivity index (χ0) is 14.5. The molecule has 1 aromatic heterocycles. The standard InChI is InChI=1S/C14H12N2O4/c1-20-14(19)11-5-9(12-7-15-2-3-16-12)4-10(6-11)13(18)8-17/h2-7,17H,8H2,1H3. The first kappa shape index (κ1) is 13.8. The molecule has 0 aliphatic carbocycles. The number of ketones is 1. The van der Waals surface area contributed by atoms with Crippen LogP contribution >= 0.6 is 0 Å². The molecular formula is C14H12N2O4. The smallest absolute Gasteiger partial charge is 0.337 e. The molecule has 102 valence electrons. The molecule has 2 rings (SSSR count). The summed E-state index contributed by atoms with van der Waals surface area (Å²) >= 11 is 0. The minimum atomic E-state index is -0.634. The lowest BCUT2D eigenvalue weighted by Gasteiger charge is -2.07. The van der Waals surface area contributed by atoms with Gasteiger partial charge < -0.3 is 9.84 Å². The maximum Gasteiger partial charge on any atom is 0.337 e. The molecule has 0 saturated heterocycles. The topological polar surface area (TPSA) is 89.4 Å². The molecule has 0 spiro atoms. The first-order valence-electron chi connectivity index (χ1n) is 5.79. The van der Waals surface area contributed by atoms with Crippen molar-refractivity contribution in [1.82, 2.24) is 9.97 Å². The van der Waals surface area contributed by atoms with Crippen LogP contribution in [0.1, 0.15) is 20.7 Å². The SMILES string of the molecule is COC(=O)c1cc(C(=O)CO)cc(-c2cnccn2)c1. The van der Waals surface area contributed by atoms with Gasteiger partial charge in [0.1, 0.15) is 6.61 Å². The van der Waals surface area contributed by atoms with Crippen LogP contribution in [0.25, 0.3) is 11.3 Å². The van der Waals surface area contributed by atoms with Crippen LogP contribution in [0.15, 0.2) is 36.8 Å². The van der Waals surface area contributed by atoms with Gasteiger partial charge in [-0.2, -0.15) is 0 Å². The number of hydrogen-bond donors (Lipinski definition) is 1. The molecule has 2 aromatic rings. The lowest BCUT2D eigenvalue weighted by atomic mass is 10.0. The summed E-state index contributed by atoms with van der Waals surface area (Å²) < 4.78 is 4.65. The van der Waals surface area contributed by atoms with Crippen molar-refractivity contribution in [3.8, 4) is 11.3 Å². The highest BCUT2D eigenvalue weighted by Gasteiger charge is 2.14. The van der Waals surface area contributed by atoms with Crippen LogP contribution in [-0.2, 0) is 4.74 Å². The van der Waals surface area contributed by atoms with Gasteiger partial charge in [0, 0.05) is 23.5 Å². The molecule has 6 heteroatoms. The molecule has 1 aromatic carbocycles. The number of benzene rings is 1. The third-order valence-electron chi connectivity index (χ3n) is 2.68. The summed E-state index contributed by atoms with van der Waals surface area (Å²) in [7, 11) is 1.25. The Morgan fingerprint density at radius 1 is 1.20 bits per heavy atom. The number of methoxy groups -OCH3 is 1. The van der Waals surface area contributed by atoms with Crippen molar-refractivity contribution in [2.75, 3.05) is 13.7 Å². The Kier molecular flexibility index (Phi) is 4.17. The Balaban J connectivity index is 2.57. The molecule has 1 heterocycles. The highest BCUT2D eigenvalue weighted by Crippen LogP contribution is 2.21. The van der Waals surface area contributed by atoms with Gasteiger partial charge in [0.2, 0.25) is 0 Å². The van der Waals surface area contributed by atoms with Crippen molar-refractivity contribution in [1.29, 1.82) is 0 Å². The second-order valence-corrected chi connectivity index (χ2v) is 3.96. The van der Waals surface area contributed by atoms with Gasteiger partial charge in [-0.25, -0.2) is 4.79 Å². The lowest BCUT2D eigenvalue weighted by Crippen LogP contribution is -2.08. The van der Waals surface area contributed by atoms with Gasteiger partial charge in [0.15, 0.2) is 5.78 Å². The zero-order valence-corrected chi connectivity index (χ0v) is 10.7. The summed E-state index contributed by atoms with van der Waals surface area (Å²) in [5.74, 6) is -1.05. The average molecular weight is 272 g/mol. The highest BCUT2D eigenvalue weighted by atomic mass is 16.5. The van der Waals surface area contributed by atoms with E-state index in [9.17, 15) is 9.59 Å². The number of carbonyl (C=O) groups excluding carboxylic acids is 2. The molecule has 0 atom stereocenters. The molecule has 0 amide bonds.